The molecular formula is C69H54N2O2. The quantitative estimate of drug-likeness (QED) is 0.144. The summed E-state index contributed by atoms with van der Waals surface area (Å²) in [4.78, 5) is 4.82. The fourth-order valence-corrected chi connectivity index (χ4v) is 11.2. The van der Waals surface area contributed by atoms with Crippen molar-refractivity contribution in [2.24, 2.45) is 0 Å². The van der Waals surface area contributed by atoms with Crippen molar-refractivity contribution in [1.82, 2.24) is 0 Å². The Kier molecular flexibility index (Phi) is 10.6. The number of fused-ring (bicyclic) bond motifs is 8. The Labute approximate surface area is 426 Å². The first-order valence-corrected chi connectivity index (χ1v) is 25.4. The third-order valence-corrected chi connectivity index (χ3v) is 15.0. The van der Waals surface area contributed by atoms with Crippen molar-refractivity contribution in [3.63, 3.8) is 0 Å². The van der Waals surface area contributed by atoms with Gasteiger partial charge in [0.15, 0.2) is 0 Å². The Morgan fingerprint density at radius 1 is 0.315 bits per heavy atom. The van der Waals surface area contributed by atoms with Gasteiger partial charge in [0, 0.05) is 61.2 Å². The molecule has 2 heterocycles. The van der Waals surface area contributed by atoms with Gasteiger partial charge in [-0.3, -0.25) is 0 Å². The summed E-state index contributed by atoms with van der Waals surface area (Å²) < 4.78 is 14.0. The third-order valence-electron chi connectivity index (χ3n) is 15.0. The van der Waals surface area contributed by atoms with Gasteiger partial charge in [-0.2, -0.15) is 0 Å². The van der Waals surface area contributed by atoms with Gasteiger partial charge in [-0.1, -0.05) is 147 Å². The van der Waals surface area contributed by atoms with Crippen LogP contribution in [0.1, 0.15) is 47.6 Å². The topological polar surface area (TPSA) is 32.8 Å². The van der Waals surface area contributed by atoms with E-state index in [-0.39, 0.29) is 5.92 Å². The molecule has 0 fully saturated rings. The molecule has 0 atom stereocenters. The van der Waals surface area contributed by atoms with E-state index >= 15 is 0 Å². The van der Waals surface area contributed by atoms with E-state index in [4.69, 9.17) is 8.83 Å². The second-order valence-corrected chi connectivity index (χ2v) is 20.1. The van der Waals surface area contributed by atoms with Crippen LogP contribution < -0.4 is 9.80 Å². The molecule has 0 unspecified atom stereocenters. The van der Waals surface area contributed by atoms with Crippen molar-refractivity contribution in [2.75, 3.05) is 9.80 Å². The molecule has 0 bridgehead atoms. The maximum Gasteiger partial charge on any atom is 0.142 e. The molecule has 0 spiro atoms. The highest BCUT2D eigenvalue weighted by Gasteiger charge is 2.25. The summed E-state index contributed by atoms with van der Waals surface area (Å²) in [5.41, 5.74) is 20.9. The lowest BCUT2D eigenvalue weighted by Crippen LogP contribution is -2.12. The molecule has 0 aliphatic carbocycles. The lowest BCUT2D eigenvalue weighted by atomic mass is 9.95. The van der Waals surface area contributed by atoms with E-state index in [1.807, 2.05) is 0 Å². The average molecular weight is 943 g/mol. The molecule has 13 rings (SSSR count). The maximum absolute atomic E-state index is 7.01. The van der Waals surface area contributed by atoms with Gasteiger partial charge in [-0.05, 0) is 179 Å². The van der Waals surface area contributed by atoms with E-state index in [2.05, 4.69) is 264 Å². The number of para-hydroxylation sites is 2. The Morgan fingerprint density at radius 3 is 1.15 bits per heavy atom. The van der Waals surface area contributed by atoms with E-state index in [1.165, 1.54) is 44.5 Å². The van der Waals surface area contributed by atoms with Crippen LogP contribution in [0.2, 0.25) is 0 Å². The van der Waals surface area contributed by atoms with Gasteiger partial charge in [0.2, 0.25) is 0 Å². The molecule has 0 aliphatic rings. The number of aryl methyl sites for hydroxylation is 4. The number of rotatable bonds is 9. The average Bonchev–Trinajstić information content (AvgIpc) is 3.95. The number of benzene rings is 11. The minimum atomic E-state index is 0.143. The highest BCUT2D eigenvalue weighted by molar-refractivity contribution is 6.20. The summed E-state index contributed by atoms with van der Waals surface area (Å²) in [5.74, 6) is 0.143. The summed E-state index contributed by atoms with van der Waals surface area (Å²) in [5, 5.41) is 8.96. The molecule has 0 amide bonds. The van der Waals surface area contributed by atoms with E-state index in [1.54, 1.807) is 0 Å². The van der Waals surface area contributed by atoms with Gasteiger partial charge < -0.3 is 18.6 Å². The van der Waals surface area contributed by atoms with E-state index < -0.39 is 0 Å². The minimum Gasteiger partial charge on any atom is -0.456 e. The first-order valence-electron chi connectivity index (χ1n) is 25.4. The van der Waals surface area contributed by atoms with Crippen LogP contribution in [-0.2, 0) is 0 Å². The van der Waals surface area contributed by atoms with Gasteiger partial charge in [0.05, 0.1) is 0 Å². The zero-order valence-electron chi connectivity index (χ0n) is 42.0. The van der Waals surface area contributed by atoms with E-state index in [0.717, 1.165) is 105 Å². The first-order chi connectivity index (χ1) is 35.6. The molecule has 4 heteroatoms. The van der Waals surface area contributed by atoms with Crippen LogP contribution in [0.25, 0.3) is 87.7 Å². The number of hydrogen-bond donors (Lipinski definition) is 0. The lowest BCUT2D eigenvalue weighted by molar-refractivity contribution is 0.638. The molecule has 0 radical (unpaired) electrons. The van der Waals surface area contributed by atoms with E-state index in [9.17, 15) is 0 Å². The van der Waals surface area contributed by atoms with Gasteiger partial charge in [-0.25, -0.2) is 0 Å². The molecule has 352 valence electrons. The Bertz CT molecular complexity index is 4020. The normalized spacial score (nSPS) is 11.8. The van der Waals surface area contributed by atoms with Crippen LogP contribution in [0.3, 0.4) is 0 Å². The fraction of sp³-hybridized carbons (Fsp3) is 0.101. The van der Waals surface area contributed by atoms with Crippen molar-refractivity contribution >= 4 is 99.5 Å². The lowest BCUT2D eigenvalue weighted by Gasteiger charge is -2.29. The third kappa shape index (κ3) is 7.52. The second kappa shape index (κ2) is 17.5. The summed E-state index contributed by atoms with van der Waals surface area (Å²) in [6.45, 7) is 13.3. The standard InChI is InChI=1S/C69H54N2O2/c1-42(2)67-68-59(57-35-49-29-31-55(33-53(49)39-65(57)72-68)70(61-23-15-13-17-43(61)3)63-37-51(27-25-45(63)5)47-19-9-7-10-20-47)41-60-58-36-50-30-32-56(34-54(50)40-66(58)73-69(60)67)71(62-24-16-14-18-44(62)4)64-38-52(28-26-46(64)6)48-21-11-8-12-22-48/h7-42H,1-6H3. The number of nitrogens with zero attached hydrogens (tertiary/aromatic N) is 2. The summed E-state index contributed by atoms with van der Waals surface area (Å²) in [6.07, 6.45) is 0. The molecule has 2 aromatic heterocycles. The summed E-state index contributed by atoms with van der Waals surface area (Å²) in [6, 6.07) is 77.2. The van der Waals surface area contributed by atoms with Crippen molar-refractivity contribution < 1.29 is 8.83 Å². The van der Waals surface area contributed by atoms with Crippen molar-refractivity contribution in [1.29, 1.82) is 0 Å². The molecule has 11 aromatic carbocycles. The number of hydrogen-bond acceptors (Lipinski definition) is 4. The van der Waals surface area contributed by atoms with Crippen molar-refractivity contribution in [2.45, 2.75) is 47.5 Å². The molecule has 0 aliphatic heterocycles. The molecule has 13 aromatic rings. The van der Waals surface area contributed by atoms with Crippen molar-refractivity contribution in [3.8, 4) is 22.3 Å². The largest absolute Gasteiger partial charge is 0.456 e. The molecular weight excluding hydrogens is 889 g/mol. The first kappa shape index (κ1) is 44.1. The van der Waals surface area contributed by atoms with Crippen LogP contribution in [-0.4, -0.2) is 0 Å². The fourth-order valence-electron chi connectivity index (χ4n) is 11.2. The summed E-state index contributed by atoms with van der Waals surface area (Å²) >= 11 is 0. The Morgan fingerprint density at radius 2 is 0.726 bits per heavy atom. The molecule has 73 heavy (non-hydrogen) atoms. The monoisotopic (exact) mass is 942 g/mol. The van der Waals surface area contributed by atoms with Crippen LogP contribution in [0.5, 0.6) is 0 Å². The minimum absolute atomic E-state index is 0.143. The van der Waals surface area contributed by atoms with Crippen LogP contribution in [0, 0.1) is 27.7 Å². The smallest absolute Gasteiger partial charge is 0.142 e. The highest BCUT2D eigenvalue weighted by atomic mass is 16.3. The molecule has 0 N–H and O–H groups in total. The van der Waals surface area contributed by atoms with Gasteiger partial charge >= 0.3 is 0 Å². The van der Waals surface area contributed by atoms with E-state index in [0.29, 0.717) is 0 Å². The highest BCUT2D eigenvalue weighted by Crippen LogP contribution is 2.47. The zero-order chi connectivity index (χ0) is 49.5. The van der Waals surface area contributed by atoms with Crippen LogP contribution >= 0.6 is 0 Å². The van der Waals surface area contributed by atoms with Crippen LogP contribution in [0.15, 0.2) is 221 Å². The second-order valence-electron chi connectivity index (χ2n) is 20.1. The number of furan rings is 2. The molecule has 0 saturated heterocycles. The zero-order valence-corrected chi connectivity index (χ0v) is 42.0. The van der Waals surface area contributed by atoms with Gasteiger partial charge in [0.25, 0.3) is 0 Å². The maximum atomic E-state index is 7.01. The predicted octanol–water partition coefficient (Wildman–Crippen LogP) is 20.4. The molecule has 0 saturated carbocycles. The predicted molar refractivity (Wildman–Crippen MR) is 309 cm³/mol. The summed E-state index contributed by atoms with van der Waals surface area (Å²) in [7, 11) is 0. The van der Waals surface area contributed by atoms with Gasteiger partial charge in [0.1, 0.15) is 22.3 Å². The SMILES string of the molecule is Cc1ccccc1N(c1ccc2cc3c(cc2c1)oc1c(C(C)C)c2oc4cc5cc(N(c6ccccc6C)c6cc(-c7ccccc7)ccc6C)ccc5cc4c2cc13)c1cc(-c2ccccc2)ccc1C. The molecule has 4 nitrogen and oxygen atoms in total. The Balaban J connectivity index is 0.936. The van der Waals surface area contributed by atoms with Crippen LogP contribution in [0.4, 0.5) is 34.1 Å². The van der Waals surface area contributed by atoms with Gasteiger partial charge in [-0.15, -0.1) is 0 Å². The van der Waals surface area contributed by atoms with Crippen molar-refractivity contribution in [3.05, 3.63) is 240 Å². The Hall–Kier alpha value is -8.86. The number of anilines is 6.